The molecule has 29 heavy (non-hydrogen) atoms. The lowest BCUT2D eigenvalue weighted by Crippen LogP contribution is -2.66. The first kappa shape index (κ1) is 19.7. The van der Waals surface area contributed by atoms with Gasteiger partial charge in [0.2, 0.25) is 0 Å². The third-order valence-corrected chi connectivity index (χ3v) is 9.58. The maximum atomic E-state index is 12.5. The fourth-order valence-corrected chi connectivity index (χ4v) is 7.95. The molecule has 5 rings (SSSR count). The molecule has 4 aliphatic carbocycles. The van der Waals surface area contributed by atoms with Crippen LogP contribution in [0.2, 0.25) is 0 Å². The Kier molecular flexibility index (Phi) is 4.18. The first-order valence-electron chi connectivity index (χ1n) is 11.1. The SMILES string of the molecule is C[C@@]12C[C@@H](C3=CC(=O)OC3)C[C@@]1(O)C[C@@H]1CC[C@]3(O)C[C@H](O)CC[C@]3(C=O)[C@H]1C2. The number of esters is 1. The van der Waals surface area contributed by atoms with E-state index >= 15 is 0 Å². The Bertz CT molecular complexity index is 777. The van der Waals surface area contributed by atoms with Crippen LogP contribution in [0.1, 0.15) is 64.7 Å². The molecule has 0 aromatic heterocycles. The Morgan fingerprint density at radius 1 is 1.07 bits per heavy atom. The number of hydrogen-bond acceptors (Lipinski definition) is 6. The predicted octanol–water partition coefficient (Wildman–Crippen LogP) is 1.90. The van der Waals surface area contributed by atoms with Crippen molar-refractivity contribution in [2.75, 3.05) is 6.61 Å². The monoisotopic (exact) mass is 404 g/mol. The minimum Gasteiger partial charge on any atom is -0.458 e. The minimum atomic E-state index is -1.15. The van der Waals surface area contributed by atoms with E-state index in [0.29, 0.717) is 45.1 Å². The van der Waals surface area contributed by atoms with Gasteiger partial charge in [-0.1, -0.05) is 6.92 Å². The topological polar surface area (TPSA) is 104 Å². The zero-order chi connectivity index (χ0) is 20.7. The Morgan fingerprint density at radius 2 is 1.86 bits per heavy atom. The first-order valence-corrected chi connectivity index (χ1v) is 11.1. The molecule has 4 fully saturated rings. The molecule has 0 aromatic rings. The van der Waals surface area contributed by atoms with Crippen molar-refractivity contribution in [1.82, 2.24) is 0 Å². The van der Waals surface area contributed by atoms with E-state index in [0.717, 1.165) is 24.7 Å². The van der Waals surface area contributed by atoms with Gasteiger partial charge in [-0.3, -0.25) is 0 Å². The Balaban J connectivity index is 1.48. The summed E-state index contributed by atoms with van der Waals surface area (Å²) < 4.78 is 5.10. The van der Waals surface area contributed by atoms with E-state index in [1.807, 2.05) is 0 Å². The van der Waals surface area contributed by atoms with Crippen LogP contribution in [0, 0.1) is 28.6 Å². The summed E-state index contributed by atoms with van der Waals surface area (Å²) in [6.45, 7) is 2.43. The highest BCUT2D eigenvalue weighted by molar-refractivity contribution is 5.85. The van der Waals surface area contributed by atoms with Gasteiger partial charge < -0.3 is 24.9 Å². The maximum Gasteiger partial charge on any atom is 0.331 e. The molecular weight excluding hydrogens is 372 g/mol. The number of carbonyl (C=O) groups excluding carboxylic acids is 2. The van der Waals surface area contributed by atoms with Crippen molar-refractivity contribution in [3.05, 3.63) is 11.6 Å². The Hall–Kier alpha value is -1.24. The second-order valence-corrected chi connectivity index (χ2v) is 10.9. The van der Waals surface area contributed by atoms with Gasteiger partial charge in [0, 0.05) is 12.5 Å². The average Bonchev–Trinajstić information content (AvgIpc) is 3.20. The van der Waals surface area contributed by atoms with Gasteiger partial charge in [-0.15, -0.1) is 0 Å². The second-order valence-electron chi connectivity index (χ2n) is 10.9. The summed E-state index contributed by atoms with van der Waals surface area (Å²) in [5.41, 5.74) is -2.19. The van der Waals surface area contributed by atoms with Gasteiger partial charge in [0.15, 0.2) is 0 Å². The smallest absolute Gasteiger partial charge is 0.331 e. The van der Waals surface area contributed by atoms with Crippen molar-refractivity contribution in [3.63, 3.8) is 0 Å². The molecule has 0 amide bonds. The summed E-state index contributed by atoms with van der Waals surface area (Å²) in [6.07, 6.45) is 7.36. The van der Waals surface area contributed by atoms with E-state index in [2.05, 4.69) is 6.92 Å². The van der Waals surface area contributed by atoms with Crippen LogP contribution < -0.4 is 0 Å². The molecule has 6 nitrogen and oxygen atoms in total. The summed E-state index contributed by atoms with van der Waals surface area (Å²) in [7, 11) is 0. The van der Waals surface area contributed by atoms with Gasteiger partial charge in [-0.05, 0) is 80.1 Å². The van der Waals surface area contributed by atoms with E-state index in [1.165, 1.54) is 0 Å². The molecule has 8 atom stereocenters. The molecule has 0 aromatic carbocycles. The first-order chi connectivity index (χ1) is 13.6. The average molecular weight is 405 g/mol. The zero-order valence-corrected chi connectivity index (χ0v) is 17.1. The molecule has 0 radical (unpaired) electrons. The number of fused-ring (bicyclic) bond motifs is 4. The van der Waals surface area contributed by atoms with E-state index in [1.54, 1.807) is 6.08 Å². The number of rotatable bonds is 2. The largest absolute Gasteiger partial charge is 0.458 e. The predicted molar refractivity (Wildman–Crippen MR) is 104 cm³/mol. The third-order valence-electron chi connectivity index (χ3n) is 9.58. The quantitative estimate of drug-likeness (QED) is 0.480. The highest BCUT2D eigenvalue weighted by Gasteiger charge is 2.68. The number of aliphatic hydroxyl groups is 3. The summed E-state index contributed by atoms with van der Waals surface area (Å²) in [5, 5.41) is 33.4. The molecule has 6 heteroatoms. The van der Waals surface area contributed by atoms with Gasteiger partial charge in [0.05, 0.1) is 22.7 Å². The summed E-state index contributed by atoms with van der Waals surface area (Å²) in [4.78, 5) is 24.0. The van der Waals surface area contributed by atoms with Crippen LogP contribution in [0.5, 0.6) is 0 Å². The van der Waals surface area contributed by atoms with Crippen molar-refractivity contribution in [2.24, 2.45) is 28.6 Å². The molecule has 0 saturated heterocycles. The summed E-state index contributed by atoms with van der Waals surface area (Å²) >= 11 is 0. The number of carbonyl (C=O) groups is 2. The van der Waals surface area contributed by atoms with Crippen molar-refractivity contribution in [3.8, 4) is 0 Å². The second kappa shape index (κ2) is 6.14. The van der Waals surface area contributed by atoms with E-state index < -0.39 is 22.7 Å². The molecule has 0 unspecified atom stereocenters. The molecule has 4 saturated carbocycles. The van der Waals surface area contributed by atoms with Crippen LogP contribution in [0.4, 0.5) is 0 Å². The van der Waals surface area contributed by atoms with Crippen LogP contribution in [0.25, 0.3) is 0 Å². The molecule has 0 bridgehead atoms. The van der Waals surface area contributed by atoms with Gasteiger partial charge in [0.1, 0.15) is 12.9 Å². The molecule has 1 heterocycles. The van der Waals surface area contributed by atoms with Gasteiger partial charge in [-0.2, -0.15) is 0 Å². The maximum absolute atomic E-state index is 12.5. The number of cyclic esters (lactones) is 1. The normalized spacial score (nSPS) is 54.1. The van der Waals surface area contributed by atoms with Crippen molar-refractivity contribution in [2.45, 2.75) is 82.0 Å². The minimum absolute atomic E-state index is 0.0192. The number of aliphatic hydroxyl groups excluding tert-OH is 1. The van der Waals surface area contributed by atoms with E-state index in [9.17, 15) is 24.9 Å². The van der Waals surface area contributed by atoms with E-state index in [-0.39, 0.29) is 35.6 Å². The summed E-state index contributed by atoms with van der Waals surface area (Å²) in [6, 6.07) is 0. The molecule has 0 spiro atoms. The third kappa shape index (κ3) is 2.58. The Labute approximate surface area is 171 Å². The van der Waals surface area contributed by atoms with Crippen LogP contribution in [0.3, 0.4) is 0 Å². The van der Waals surface area contributed by atoms with Crippen molar-refractivity contribution >= 4 is 12.3 Å². The van der Waals surface area contributed by atoms with Gasteiger partial charge >= 0.3 is 5.97 Å². The Morgan fingerprint density at radius 3 is 2.55 bits per heavy atom. The highest BCUT2D eigenvalue weighted by Crippen LogP contribution is 2.68. The molecular formula is C23H32O6. The van der Waals surface area contributed by atoms with Gasteiger partial charge in [0.25, 0.3) is 0 Å². The van der Waals surface area contributed by atoms with E-state index in [4.69, 9.17) is 4.74 Å². The lowest BCUT2D eigenvalue weighted by Gasteiger charge is -2.63. The number of ether oxygens (including phenoxy) is 1. The van der Waals surface area contributed by atoms with Crippen LogP contribution in [-0.4, -0.2) is 51.5 Å². The van der Waals surface area contributed by atoms with Crippen LogP contribution in [0.15, 0.2) is 11.6 Å². The zero-order valence-electron chi connectivity index (χ0n) is 17.1. The van der Waals surface area contributed by atoms with Crippen molar-refractivity contribution < 1.29 is 29.6 Å². The number of hydrogen-bond donors (Lipinski definition) is 3. The molecule has 3 N–H and O–H groups in total. The van der Waals surface area contributed by atoms with Crippen LogP contribution in [-0.2, 0) is 14.3 Å². The lowest BCUT2D eigenvalue weighted by molar-refractivity contribution is -0.229. The summed E-state index contributed by atoms with van der Waals surface area (Å²) in [5.74, 6) is 0.0379. The molecule has 1 aliphatic heterocycles. The number of aldehydes is 1. The van der Waals surface area contributed by atoms with Crippen LogP contribution >= 0.6 is 0 Å². The standard InChI is InChI=1S/C23H32O6/c1-20-7-16(15-6-19(26)29-12-15)9-23(20,28)8-14-2-5-22(27)10-17(25)3-4-21(22,13-24)18(14)11-20/h6,13-14,16-18,25,27-28H,2-5,7-12H2,1H3/t14-,16+,17+,18-,20-,21-,22-,23-/m0/s1. The van der Waals surface area contributed by atoms with Crippen molar-refractivity contribution in [1.29, 1.82) is 0 Å². The fraction of sp³-hybridized carbons (Fsp3) is 0.826. The lowest BCUT2D eigenvalue weighted by atomic mass is 9.43. The molecule has 5 aliphatic rings. The fourth-order valence-electron chi connectivity index (χ4n) is 7.95. The van der Waals surface area contributed by atoms with Gasteiger partial charge in [-0.25, -0.2) is 4.79 Å². The molecule has 160 valence electrons. The highest BCUT2D eigenvalue weighted by atomic mass is 16.5.